The summed E-state index contributed by atoms with van der Waals surface area (Å²) < 4.78 is 26.5. The number of rotatable bonds is 3. The van der Waals surface area contributed by atoms with E-state index < -0.39 is 22.1 Å². The SMILES string of the molecule is Cc1ccc(C(=O)O)cc1S(=O)(=O)N1CCC(C)C(O)C1. The molecular weight excluding hydrogens is 294 g/mol. The molecule has 2 rings (SSSR count). The van der Waals surface area contributed by atoms with Crippen LogP contribution in [0.3, 0.4) is 0 Å². The zero-order valence-corrected chi connectivity index (χ0v) is 12.8. The number of aliphatic hydroxyl groups is 1. The van der Waals surface area contributed by atoms with Gasteiger partial charge in [-0.25, -0.2) is 13.2 Å². The Bertz CT molecular complexity index is 655. The molecule has 1 aromatic rings. The highest BCUT2D eigenvalue weighted by atomic mass is 32.2. The number of carboxylic acid groups (broad SMARTS) is 1. The van der Waals surface area contributed by atoms with Gasteiger partial charge in [0.25, 0.3) is 0 Å². The standard InChI is InChI=1S/C14H19NO5S/c1-9-5-6-15(8-12(9)16)21(19,20)13-7-11(14(17)18)4-3-10(13)2/h3-4,7,9,12,16H,5-6,8H2,1-2H3,(H,17,18). The Morgan fingerprint density at radius 2 is 2.05 bits per heavy atom. The number of nitrogens with zero attached hydrogens (tertiary/aromatic N) is 1. The predicted octanol–water partition coefficient (Wildman–Crippen LogP) is 1.08. The Labute approximate surface area is 124 Å². The maximum Gasteiger partial charge on any atom is 0.335 e. The molecule has 0 radical (unpaired) electrons. The Morgan fingerprint density at radius 1 is 1.38 bits per heavy atom. The Kier molecular flexibility index (Phi) is 4.36. The van der Waals surface area contributed by atoms with Crippen LogP contribution in [0, 0.1) is 12.8 Å². The monoisotopic (exact) mass is 313 g/mol. The molecule has 1 fully saturated rings. The third-order valence-electron chi connectivity index (χ3n) is 3.93. The van der Waals surface area contributed by atoms with E-state index in [0.717, 1.165) is 0 Å². The molecule has 116 valence electrons. The molecule has 7 heteroatoms. The van der Waals surface area contributed by atoms with Gasteiger partial charge >= 0.3 is 5.97 Å². The van der Waals surface area contributed by atoms with Crippen LogP contribution in [0.2, 0.25) is 0 Å². The average molecular weight is 313 g/mol. The van der Waals surface area contributed by atoms with Gasteiger partial charge in [0.15, 0.2) is 0 Å². The Morgan fingerprint density at radius 3 is 2.62 bits per heavy atom. The first-order valence-corrected chi connectivity index (χ1v) is 8.19. The predicted molar refractivity (Wildman–Crippen MR) is 76.7 cm³/mol. The molecule has 6 nitrogen and oxygen atoms in total. The van der Waals surface area contributed by atoms with Crippen LogP contribution in [-0.4, -0.2) is 48.1 Å². The molecule has 0 spiro atoms. The normalized spacial score (nSPS) is 24.0. The smallest absolute Gasteiger partial charge is 0.335 e. The minimum Gasteiger partial charge on any atom is -0.478 e. The van der Waals surface area contributed by atoms with E-state index in [4.69, 9.17) is 5.11 Å². The summed E-state index contributed by atoms with van der Waals surface area (Å²) in [6.07, 6.45) is -0.116. The number of benzene rings is 1. The van der Waals surface area contributed by atoms with Crippen LogP contribution < -0.4 is 0 Å². The Hall–Kier alpha value is -1.44. The molecule has 1 saturated heterocycles. The highest BCUT2D eigenvalue weighted by molar-refractivity contribution is 7.89. The van der Waals surface area contributed by atoms with Crippen LogP contribution >= 0.6 is 0 Å². The van der Waals surface area contributed by atoms with Crippen LogP contribution in [0.1, 0.15) is 29.3 Å². The molecule has 2 N–H and O–H groups in total. The summed E-state index contributed by atoms with van der Waals surface area (Å²) in [6, 6.07) is 4.04. The van der Waals surface area contributed by atoms with Crippen molar-refractivity contribution in [3.05, 3.63) is 29.3 Å². The molecule has 0 bridgehead atoms. The molecule has 1 aliphatic rings. The zero-order valence-electron chi connectivity index (χ0n) is 12.0. The second-order valence-electron chi connectivity index (χ2n) is 5.48. The summed E-state index contributed by atoms with van der Waals surface area (Å²) in [6.45, 7) is 3.88. The van der Waals surface area contributed by atoms with Gasteiger partial charge in [-0.2, -0.15) is 4.31 Å². The summed E-state index contributed by atoms with van der Waals surface area (Å²) in [5.41, 5.74) is 0.429. The van der Waals surface area contributed by atoms with Gasteiger partial charge in [-0.05, 0) is 37.0 Å². The number of carboxylic acids is 1. The first-order valence-electron chi connectivity index (χ1n) is 6.75. The Balaban J connectivity index is 2.40. The topological polar surface area (TPSA) is 94.9 Å². The molecule has 2 unspecified atom stereocenters. The van der Waals surface area contributed by atoms with Crippen molar-refractivity contribution in [1.82, 2.24) is 4.31 Å². The maximum absolute atomic E-state index is 12.7. The second-order valence-corrected chi connectivity index (χ2v) is 7.39. The van der Waals surface area contributed by atoms with Gasteiger partial charge < -0.3 is 10.2 Å². The van der Waals surface area contributed by atoms with Crippen molar-refractivity contribution in [2.45, 2.75) is 31.3 Å². The maximum atomic E-state index is 12.7. The molecule has 2 atom stereocenters. The minimum atomic E-state index is -3.80. The zero-order chi connectivity index (χ0) is 15.8. The fraction of sp³-hybridized carbons (Fsp3) is 0.500. The molecule has 1 aliphatic heterocycles. The van der Waals surface area contributed by atoms with Crippen molar-refractivity contribution in [2.24, 2.45) is 5.92 Å². The van der Waals surface area contributed by atoms with Gasteiger partial charge in [0.2, 0.25) is 10.0 Å². The molecule has 0 saturated carbocycles. The number of piperidine rings is 1. The highest BCUT2D eigenvalue weighted by Crippen LogP contribution is 2.26. The molecule has 1 aromatic carbocycles. The van der Waals surface area contributed by atoms with Gasteiger partial charge in [-0.15, -0.1) is 0 Å². The molecule has 21 heavy (non-hydrogen) atoms. The number of aryl methyl sites for hydroxylation is 1. The van der Waals surface area contributed by atoms with Gasteiger partial charge in [0, 0.05) is 13.1 Å². The van der Waals surface area contributed by atoms with Crippen LogP contribution in [0.15, 0.2) is 23.1 Å². The van der Waals surface area contributed by atoms with Crippen molar-refractivity contribution in [3.63, 3.8) is 0 Å². The first kappa shape index (κ1) is 15.9. The molecular formula is C14H19NO5S. The number of carbonyl (C=O) groups is 1. The van der Waals surface area contributed by atoms with Crippen LogP contribution in [-0.2, 0) is 10.0 Å². The fourth-order valence-corrected chi connectivity index (χ4v) is 4.11. The lowest BCUT2D eigenvalue weighted by Gasteiger charge is -2.33. The third kappa shape index (κ3) is 3.09. The summed E-state index contributed by atoms with van der Waals surface area (Å²) in [5, 5.41) is 18.9. The van der Waals surface area contributed by atoms with E-state index in [1.165, 1.54) is 22.5 Å². The lowest BCUT2D eigenvalue weighted by molar-refractivity contribution is 0.0604. The van der Waals surface area contributed by atoms with Crippen LogP contribution in [0.5, 0.6) is 0 Å². The van der Waals surface area contributed by atoms with Crippen molar-refractivity contribution in [1.29, 1.82) is 0 Å². The van der Waals surface area contributed by atoms with E-state index in [2.05, 4.69) is 0 Å². The van der Waals surface area contributed by atoms with Crippen LogP contribution in [0.25, 0.3) is 0 Å². The van der Waals surface area contributed by atoms with Gasteiger partial charge in [-0.1, -0.05) is 13.0 Å². The number of aromatic carboxylic acids is 1. The first-order chi connectivity index (χ1) is 9.73. The van der Waals surface area contributed by atoms with Crippen molar-refractivity contribution < 1.29 is 23.4 Å². The number of hydrogen-bond acceptors (Lipinski definition) is 4. The molecule has 0 aromatic heterocycles. The van der Waals surface area contributed by atoms with E-state index in [9.17, 15) is 18.3 Å². The minimum absolute atomic E-state index is 0.0100. The van der Waals surface area contributed by atoms with Gasteiger partial charge in [0.05, 0.1) is 16.6 Å². The highest BCUT2D eigenvalue weighted by Gasteiger charge is 2.33. The van der Waals surface area contributed by atoms with E-state index in [1.807, 2.05) is 6.92 Å². The van der Waals surface area contributed by atoms with Crippen molar-refractivity contribution in [2.75, 3.05) is 13.1 Å². The second kappa shape index (κ2) is 5.75. The van der Waals surface area contributed by atoms with E-state index in [1.54, 1.807) is 6.92 Å². The molecule has 0 aliphatic carbocycles. The largest absolute Gasteiger partial charge is 0.478 e. The number of sulfonamides is 1. The summed E-state index contributed by atoms with van der Waals surface area (Å²) in [4.78, 5) is 11.0. The summed E-state index contributed by atoms with van der Waals surface area (Å²) >= 11 is 0. The lowest BCUT2D eigenvalue weighted by atomic mass is 9.98. The number of hydrogen-bond donors (Lipinski definition) is 2. The average Bonchev–Trinajstić information content (AvgIpc) is 2.41. The van der Waals surface area contributed by atoms with E-state index in [-0.39, 0.29) is 22.9 Å². The van der Waals surface area contributed by atoms with Crippen molar-refractivity contribution >= 4 is 16.0 Å². The van der Waals surface area contributed by atoms with Crippen LogP contribution in [0.4, 0.5) is 0 Å². The fourth-order valence-electron chi connectivity index (χ4n) is 2.39. The lowest BCUT2D eigenvalue weighted by Crippen LogP contribution is -2.45. The summed E-state index contributed by atoms with van der Waals surface area (Å²) in [5.74, 6) is -1.11. The molecule has 0 amide bonds. The van der Waals surface area contributed by atoms with Gasteiger partial charge in [0.1, 0.15) is 0 Å². The van der Waals surface area contributed by atoms with E-state index in [0.29, 0.717) is 18.5 Å². The number of β-amino-alcohol motifs (C(OH)–C–C–N with tert-alkyl or cyclic N) is 1. The molecule has 1 heterocycles. The number of aliphatic hydroxyl groups excluding tert-OH is 1. The third-order valence-corrected chi connectivity index (χ3v) is 5.94. The summed E-state index contributed by atoms with van der Waals surface area (Å²) in [7, 11) is -3.80. The van der Waals surface area contributed by atoms with E-state index >= 15 is 0 Å². The quantitative estimate of drug-likeness (QED) is 0.871. The van der Waals surface area contributed by atoms with Crippen molar-refractivity contribution in [3.8, 4) is 0 Å². The van der Waals surface area contributed by atoms with Gasteiger partial charge in [-0.3, -0.25) is 0 Å².